The second-order valence-electron chi connectivity index (χ2n) is 6.33. The topological polar surface area (TPSA) is 23.6 Å². The van der Waals surface area contributed by atoms with Crippen LogP contribution in [0.4, 0.5) is 0 Å². The SMILES string of the molecule is CC.CCC#CCN1CCC2(CC1)CN(C(=O)C(C)C)C2. The molecule has 0 N–H and O–H groups in total. The van der Waals surface area contributed by atoms with Crippen molar-refractivity contribution in [2.24, 2.45) is 11.3 Å². The van der Waals surface area contributed by atoms with Crippen LogP contribution in [-0.4, -0.2) is 48.4 Å². The number of carbonyl (C=O) groups is 1. The first-order valence-corrected chi connectivity index (χ1v) is 8.53. The Labute approximate surface area is 131 Å². The average molecular weight is 292 g/mol. The van der Waals surface area contributed by atoms with E-state index in [2.05, 4.69) is 23.7 Å². The van der Waals surface area contributed by atoms with Crippen LogP contribution in [0, 0.1) is 23.2 Å². The van der Waals surface area contributed by atoms with Crippen molar-refractivity contribution in [3.8, 4) is 11.8 Å². The molecule has 0 aromatic carbocycles. The van der Waals surface area contributed by atoms with Crippen molar-refractivity contribution in [3.05, 3.63) is 0 Å². The zero-order valence-electron chi connectivity index (χ0n) is 14.5. The number of hydrogen-bond acceptors (Lipinski definition) is 2. The highest BCUT2D eigenvalue weighted by Gasteiger charge is 2.46. The van der Waals surface area contributed by atoms with Crippen LogP contribution in [0.25, 0.3) is 0 Å². The Balaban J connectivity index is 0.00000106. The summed E-state index contributed by atoms with van der Waals surface area (Å²) in [5.74, 6) is 6.82. The van der Waals surface area contributed by atoms with Gasteiger partial charge >= 0.3 is 0 Å². The minimum absolute atomic E-state index is 0.141. The summed E-state index contributed by atoms with van der Waals surface area (Å²) >= 11 is 0. The predicted molar refractivity (Wildman–Crippen MR) is 88.9 cm³/mol. The van der Waals surface area contributed by atoms with Gasteiger partial charge < -0.3 is 4.90 Å². The summed E-state index contributed by atoms with van der Waals surface area (Å²) in [6, 6.07) is 0. The van der Waals surface area contributed by atoms with Crippen LogP contribution in [0.5, 0.6) is 0 Å². The second-order valence-corrected chi connectivity index (χ2v) is 6.33. The summed E-state index contributed by atoms with van der Waals surface area (Å²) in [6.45, 7) is 15.2. The van der Waals surface area contributed by atoms with E-state index in [4.69, 9.17) is 0 Å². The van der Waals surface area contributed by atoms with E-state index in [9.17, 15) is 4.79 Å². The van der Waals surface area contributed by atoms with Crippen LogP contribution in [0.3, 0.4) is 0 Å². The molecule has 2 heterocycles. The highest BCUT2D eigenvalue weighted by Crippen LogP contribution is 2.40. The van der Waals surface area contributed by atoms with Gasteiger partial charge in [-0.1, -0.05) is 40.5 Å². The van der Waals surface area contributed by atoms with Gasteiger partial charge in [-0.25, -0.2) is 0 Å². The Kier molecular flexibility index (Phi) is 7.25. The van der Waals surface area contributed by atoms with Crippen molar-refractivity contribution in [1.82, 2.24) is 9.80 Å². The number of carbonyl (C=O) groups excluding carboxylic acids is 1. The smallest absolute Gasteiger partial charge is 0.225 e. The molecule has 2 saturated heterocycles. The number of hydrogen-bond donors (Lipinski definition) is 0. The van der Waals surface area contributed by atoms with Crippen molar-refractivity contribution in [1.29, 1.82) is 0 Å². The van der Waals surface area contributed by atoms with Crippen molar-refractivity contribution in [2.45, 2.75) is 53.9 Å². The summed E-state index contributed by atoms with van der Waals surface area (Å²) in [4.78, 5) is 16.4. The van der Waals surface area contributed by atoms with E-state index in [-0.39, 0.29) is 5.92 Å². The number of piperidine rings is 1. The normalized spacial score (nSPS) is 20.2. The molecule has 0 atom stereocenters. The van der Waals surface area contributed by atoms with Crippen LogP contribution in [0.15, 0.2) is 0 Å². The first-order valence-electron chi connectivity index (χ1n) is 8.53. The maximum Gasteiger partial charge on any atom is 0.225 e. The second kappa shape index (κ2) is 8.44. The highest BCUT2D eigenvalue weighted by molar-refractivity contribution is 5.79. The first-order chi connectivity index (χ1) is 10.1. The molecule has 0 unspecified atom stereocenters. The van der Waals surface area contributed by atoms with Crippen molar-refractivity contribution in [3.63, 3.8) is 0 Å². The summed E-state index contributed by atoms with van der Waals surface area (Å²) < 4.78 is 0. The van der Waals surface area contributed by atoms with Gasteiger partial charge in [-0.15, -0.1) is 5.92 Å². The van der Waals surface area contributed by atoms with Crippen LogP contribution >= 0.6 is 0 Å². The Morgan fingerprint density at radius 1 is 1.14 bits per heavy atom. The molecular formula is C18H32N2O. The summed E-state index contributed by atoms with van der Waals surface area (Å²) in [7, 11) is 0. The van der Waals surface area contributed by atoms with Gasteiger partial charge in [0, 0.05) is 30.8 Å². The maximum atomic E-state index is 11.9. The van der Waals surface area contributed by atoms with E-state index in [1.807, 2.05) is 32.6 Å². The molecule has 3 nitrogen and oxygen atoms in total. The number of amides is 1. The van der Waals surface area contributed by atoms with Gasteiger partial charge in [0.05, 0.1) is 6.54 Å². The largest absolute Gasteiger partial charge is 0.341 e. The Bertz CT molecular complexity index is 376. The molecule has 21 heavy (non-hydrogen) atoms. The van der Waals surface area contributed by atoms with Gasteiger partial charge in [0.2, 0.25) is 5.91 Å². The lowest BCUT2D eigenvalue weighted by atomic mass is 9.71. The summed E-state index contributed by atoms with van der Waals surface area (Å²) in [6.07, 6.45) is 3.40. The van der Waals surface area contributed by atoms with Gasteiger partial charge in [-0.3, -0.25) is 9.69 Å². The van der Waals surface area contributed by atoms with Crippen LogP contribution in [0.1, 0.15) is 53.9 Å². The molecule has 2 fully saturated rings. The standard InChI is InChI=1S/C16H26N2O.C2H6/c1-4-5-6-9-17-10-7-16(8-11-17)12-18(13-16)15(19)14(2)3;1-2/h14H,4,7-13H2,1-3H3;1-2H3. The van der Waals surface area contributed by atoms with Crippen molar-refractivity contribution >= 4 is 5.91 Å². The van der Waals surface area contributed by atoms with Crippen molar-refractivity contribution < 1.29 is 4.79 Å². The van der Waals surface area contributed by atoms with Gasteiger partial charge in [0.1, 0.15) is 0 Å². The van der Waals surface area contributed by atoms with Gasteiger partial charge in [-0.05, 0) is 25.9 Å². The average Bonchev–Trinajstić information content (AvgIpc) is 2.47. The third-order valence-corrected chi connectivity index (χ3v) is 4.38. The molecule has 2 aliphatic heterocycles. The van der Waals surface area contributed by atoms with Crippen LogP contribution in [-0.2, 0) is 4.79 Å². The molecule has 0 bridgehead atoms. The van der Waals surface area contributed by atoms with E-state index < -0.39 is 0 Å². The Morgan fingerprint density at radius 3 is 2.19 bits per heavy atom. The molecule has 3 heteroatoms. The highest BCUT2D eigenvalue weighted by atomic mass is 16.2. The predicted octanol–water partition coefficient (Wildman–Crippen LogP) is 3.01. The van der Waals surface area contributed by atoms with E-state index in [0.717, 1.165) is 39.1 Å². The molecule has 1 amide bonds. The molecule has 0 aromatic heterocycles. The molecule has 120 valence electrons. The summed E-state index contributed by atoms with van der Waals surface area (Å²) in [5, 5.41) is 0. The molecule has 1 spiro atoms. The monoisotopic (exact) mass is 292 g/mol. The van der Waals surface area contributed by atoms with E-state index in [0.29, 0.717) is 11.3 Å². The third-order valence-electron chi connectivity index (χ3n) is 4.38. The van der Waals surface area contributed by atoms with Gasteiger partial charge in [0.25, 0.3) is 0 Å². The summed E-state index contributed by atoms with van der Waals surface area (Å²) in [5.41, 5.74) is 0.430. The van der Waals surface area contributed by atoms with Crippen molar-refractivity contribution in [2.75, 3.05) is 32.7 Å². The van der Waals surface area contributed by atoms with Crippen LogP contribution in [0.2, 0.25) is 0 Å². The number of rotatable bonds is 2. The fraction of sp³-hybridized carbons (Fsp3) is 0.833. The fourth-order valence-electron chi connectivity index (χ4n) is 3.08. The Morgan fingerprint density at radius 2 is 1.71 bits per heavy atom. The van der Waals surface area contributed by atoms with E-state index in [1.54, 1.807) is 0 Å². The number of likely N-dealkylation sites (tertiary alicyclic amines) is 2. The zero-order valence-corrected chi connectivity index (χ0v) is 14.5. The minimum Gasteiger partial charge on any atom is -0.341 e. The lowest BCUT2D eigenvalue weighted by Crippen LogP contribution is -2.62. The molecule has 0 radical (unpaired) electrons. The zero-order chi connectivity index (χ0) is 15.9. The minimum atomic E-state index is 0.141. The van der Waals surface area contributed by atoms with Gasteiger partial charge in [-0.2, -0.15) is 0 Å². The molecule has 0 saturated carbocycles. The molecule has 0 aliphatic carbocycles. The first kappa shape index (κ1) is 18.0. The van der Waals surface area contributed by atoms with E-state index in [1.165, 1.54) is 12.8 Å². The Hall–Kier alpha value is -1.01. The fourth-order valence-corrected chi connectivity index (χ4v) is 3.08. The quantitative estimate of drug-likeness (QED) is 0.731. The van der Waals surface area contributed by atoms with Crippen LogP contribution < -0.4 is 0 Å². The number of nitrogens with zero attached hydrogens (tertiary/aromatic N) is 2. The molecular weight excluding hydrogens is 260 g/mol. The van der Waals surface area contributed by atoms with E-state index >= 15 is 0 Å². The molecule has 0 aromatic rings. The third kappa shape index (κ3) is 4.74. The molecule has 2 rings (SSSR count). The van der Waals surface area contributed by atoms with Gasteiger partial charge in [0.15, 0.2) is 0 Å². The maximum absolute atomic E-state index is 11.9. The lowest BCUT2D eigenvalue weighted by Gasteiger charge is -2.54. The molecule has 2 aliphatic rings. The lowest BCUT2D eigenvalue weighted by molar-refractivity contribution is -0.150.